The third kappa shape index (κ3) is 4.08. The smallest absolute Gasteiger partial charge is 0.303 e. The Morgan fingerprint density at radius 1 is 1.39 bits per heavy atom. The van der Waals surface area contributed by atoms with Gasteiger partial charge in [-0.15, -0.1) is 0 Å². The van der Waals surface area contributed by atoms with Crippen LogP contribution in [-0.2, 0) is 4.79 Å². The van der Waals surface area contributed by atoms with Crippen LogP contribution >= 0.6 is 0 Å². The summed E-state index contributed by atoms with van der Waals surface area (Å²) in [6, 6.07) is 6.90. The molecule has 1 atom stereocenters. The summed E-state index contributed by atoms with van der Waals surface area (Å²) in [5.74, 6) is -0.735. The lowest BCUT2D eigenvalue weighted by Crippen LogP contribution is -2.29. The molecular formula is C13H17NO4. The number of hydrogen-bond donors (Lipinski definition) is 2. The topological polar surface area (TPSA) is 75.6 Å². The zero-order valence-corrected chi connectivity index (χ0v) is 10.5. The quantitative estimate of drug-likeness (QED) is 0.804. The summed E-state index contributed by atoms with van der Waals surface area (Å²) in [7, 11) is 1.50. The summed E-state index contributed by atoms with van der Waals surface area (Å²) in [5, 5.41) is 11.3. The van der Waals surface area contributed by atoms with Crippen LogP contribution in [0.5, 0.6) is 5.75 Å². The molecule has 0 spiro atoms. The van der Waals surface area contributed by atoms with Gasteiger partial charge in [0.15, 0.2) is 0 Å². The molecule has 5 nitrogen and oxygen atoms in total. The molecule has 0 aromatic heterocycles. The van der Waals surface area contributed by atoms with E-state index in [0.717, 1.165) is 0 Å². The van der Waals surface area contributed by atoms with E-state index in [4.69, 9.17) is 9.84 Å². The second kappa shape index (κ2) is 6.64. The van der Waals surface area contributed by atoms with Crippen molar-refractivity contribution in [1.29, 1.82) is 0 Å². The molecule has 2 N–H and O–H groups in total. The molecule has 0 bridgehead atoms. The van der Waals surface area contributed by atoms with Gasteiger partial charge in [0, 0.05) is 13.0 Å². The number of rotatable bonds is 6. The van der Waals surface area contributed by atoms with Crippen LogP contribution in [0.2, 0.25) is 0 Å². The molecular weight excluding hydrogens is 234 g/mol. The average molecular weight is 251 g/mol. The molecule has 1 aromatic carbocycles. The van der Waals surface area contributed by atoms with Crippen LogP contribution in [0.25, 0.3) is 0 Å². The van der Waals surface area contributed by atoms with Crippen molar-refractivity contribution in [2.45, 2.75) is 13.3 Å². The molecule has 1 aromatic rings. The van der Waals surface area contributed by atoms with Crippen LogP contribution in [0.3, 0.4) is 0 Å². The lowest BCUT2D eigenvalue weighted by molar-refractivity contribution is -0.137. The molecule has 1 unspecified atom stereocenters. The number of amides is 1. The zero-order valence-electron chi connectivity index (χ0n) is 10.5. The highest BCUT2D eigenvalue weighted by Gasteiger charge is 2.13. The van der Waals surface area contributed by atoms with E-state index in [2.05, 4.69) is 5.32 Å². The highest BCUT2D eigenvalue weighted by molar-refractivity contribution is 5.96. The summed E-state index contributed by atoms with van der Waals surface area (Å²) in [6.45, 7) is 2.10. The first-order valence-corrected chi connectivity index (χ1v) is 5.67. The minimum Gasteiger partial charge on any atom is -0.496 e. The van der Waals surface area contributed by atoms with Gasteiger partial charge >= 0.3 is 5.97 Å². The number of benzene rings is 1. The molecule has 0 heterocycles. The molecule has 0 aliphatic rings. The Morgan fingerprint density at radius 3 is 2.67 bits per heavy atom. The van der Waals surface area contributed by atoms with Crippen LogP contribution in [0.1, 0.15) is 23.7 Å². The molecule has 0 fully saturated rings. The Morgan fingerprint density at radius 2 is 2.06 bits per heavy atom. The summed E-state index contributed by atoms with van der Waals surface area (Å²) in [4.78, 5) is 22.4. The number of carboxylic acid groups (broad SMARTS) is 1. The molecule has 98 valence electrons. The van der Waals surface area contributed by atoms with E-state index in [9.17, 15) is 9.59 Å². The monoisotopic (exact) mass is 251 g/mol. The molecule has 0 saturated carbocycles. The number of carboxylic acids is 1. The maximum atomic E-state index is 11.9. The van der Waals surface area contributed by atoms with Gasteiger partial charge in [-0.1, -0.05) is 19.1 Å². The number of carbonyl (C=O) groups excluding carboxylic acids is 1. The molecule has 1 rings (SSSR count). The van der Waals surface area contributed by atoms with E-state index in [0.29, 0.717) is 17.9 Å². The standard InChI is InChI=1S/C13H17NO4/c1-9(7-12(15)16)8-14-13(17)10-5-3-4-6-11(10)18-2/h3-6,9H,7-8H2,1-2H3,(H,14,17)(H,15,16). The van der Waals surface area contributed by atoms with Crippen molar-refractivity contribution < 1.29 is 19.4 Å². The van der Waals surface area contributed by atoms with E-state index < -0.39 is 5.97 Å². The van der Waals surface area contributed by atoms with Crippen molar-refractivity contribution in [1.82, 2.24) is 5.32 Å². The summed E-state index contributed by atoms with van der Waals surface area (Å²) in [5.41, 5.74) is 0.447. The average Bonchev–Trinajstić information content (AvgIpc) is 2.35. The molecule has 0 aliphatic carbocycles. The van der Waals surface area contributed by atoms with E-state index in [1.54, 1.807) is 31.2 Å². The van der Waals surface area contributed by atoms with E-state index in [-0.39, 0.29) is 18.2 Å². The number of ether oxygens (including phenoxy) is 1. The molecule has 0 radical (unpaired) electrons. The van der Waals surface area contributed by atoms with Gasteiger partial charge in [-0.25, -0.2) is 0 Å². The highest BCUT2D eigenvalue weighted by Crippen LogP contribution is 2.16. The molecule has 1 amide bonds. The Hall–Kier alpha value is -2.04. The lowest BCUT2D eigenvalue weighted by Gasteiger charge is -2.12. The van der Waals surface area contributed by atoms with Gasteiger partial charge in [0.1, 0.15) is 5.75 Å². The Bertz CT molecular complexity index is 431. The molecule has 0 aliphatic heterocycles. The van der Waals surface area contributed by atoms with Gasteiger partial charge in [0.2, 0.25) is 0 Å². The maximum Gasteiger partial charge on any atom is 0.303 e. The second-order valence-electron chi connectivity index (χ2n) is 4.11. The maximum absolute atomic E-state index is 11.9. The van der Waals surface area contributed by atoms with Crippen molar-refractivity contribution >= 4 is 11.9 Å². The van der Waals surface area contributed by atoms with Crippen LogP contribution in [-0.4, -0.2) is 30.6 Å². The van der Waals surface area contributed by atoms with Crippen molar-refractivity contribution in [3.8, 4) is 5.75 Å². The van der Waals surface area contributed by atoms with Crippen molar-refractivity contribution in [3.05, 3.63) is 29.8 Å². The van der Waals surface area contributed by atoms with Crippen molar-refractivity contribution in [2.24, 2.45) is 5.92 Å². The fourth-order valence-electron chi connectivity index (χ4n) is 1.56. The third-order valence-corrected chi connectivity index (χ3v) is 2.49. The van der Waals surface area contributed by atoms with Crippen LogP contribution in [0.15, 0.2) is 24.3 Å². The number of methoxy groups -OCH3 is 1. The molecule has 18 heavy (non-hydrogen) atoms. The van der Waals surface area contributed by atoms with Gasteiger partial charge < -0.3 is 15.2 Å². The van der Waals surface area contributed by atoms with Crippen LogP contribution < -0.4 is 10.1 Å². The third-order valence-electron chi connectivity index (χ3n) is 2.49. The number of aliphatic carboxylic acids is 1. The second-order valence-corrected chi connectivity index (χ2v) is 4.11. The first kappa shape index (κ1) is 14.0. The molecule has 5 heteroatoms. The SMILES string of the molecule is COc1ccccc1C(=O)NCC(C)CC(=O)O. The van der Waals surface area contributed by atoms with Gasteiger partial charge in [-0.2, -0.15) is 0 Å². The molecule has 0 saturated heterocycles. The van der Waals surface area contributed by atoms with E-state index in [1.807, 2.05) is 0 Å². The summed E-state index contributed by atoms with van der Waals surface area (Å²) >= 11 is 0. The van der Waals surface area contributed by atoms with Crippen LogP contribution in [0.4, 0.5) is 0 Å². The zero-order chi connectivity index (χ0) is 13.5. The normalized spacial score (nSPS) is 11.7. The number of hydrogen-bond acceptors (Lipinski definition) is 3. The Labute approximate surface area is 106 Å². The van der Waals surface area contributed by atoms with Gasteiger partial charge in [0.25, 0.3) is 5.91 Å². The minimum atomic E-state index is -0.867. The Balaban J connectivity index is 2.57. The van der Waals surface area contributed by atoms with Crippen molar-refractivity contribution in [2.75, 3.05) is 13.7 Å². The summed E-state index contributed by atoms with van der Waals surface area (Å²) in [6.07, 6.45) is 0.0339. The van der Waals surface area contributed by atoms with E-state index >= 15 is 0 Å². The van der Waals surface area contributed by atoms with E-state index in [1.165, 1.54) is 7.11 Å². The fraction of sp³-hybridized carbons (Fsp3) is 0.385. The fourth-order valence-corrected chi connectivity index (χ4v) is 1.56. The predicted molar refractivity (Wildman–Crippen MR) is 66.7 cm³/mol. The first-order valence-electron chi connectivity index (χ1n) is 5.67. The number of para-hydroxylation sites is 1. The Kier molecular flexibility index (Phi) is 5.17. The van der Waals surface area contributed by atoms with Gasteiger partial charge in [-0.05, 0) is 18.1 Å². The minimum absolute atomic E-state index is 0.0339. The first-order chi connectivity index (χ1) is 8.54. The van der Waals surface area contributed by atoms with Gasteiger partial charge in [-0.3, -0.25) is 9.59 Å². The number of carbonyl (C=O) groups is 2. The number of nitrogens with one attached hydrogen (secondary N) is 1. The van der Waals surface area contributed by atoms with Crippen molar-refractivity contribution in [3.63, 3.8) is 0 Å². The highest BCUT2D eigenvalue weighted by atomic mass is 16.5. The lowest BCUT2D eigenvalue weighted by atomic mass is 10.1. The van der Waals surface area contributed by atoms with Gasteiger partial charge in [0.05, 0.1) is 12.7 Å². The summed E-state index contributed by atoms with van der Waals surface area (Å²) < 4.78 is 5.08. The predicted octanol–water partition coefficient (Wildman–Crippen LogP) is 1.54. The largest absolute Gasteiger partial charge is 0.496 e. The van der Waals surface area contributed by atoms with Crippen LogP contribution in [0, 0.1) is 5.92 Å².